The highest BCUT2D eigenvalue weighted by atomic mass is 16.5. The van der Waals surface area contributed by atoms with Crippen LogP contribution in [0.4, 0.5) is 0 Å². The molecule has 0 unspecified atom stereocenters. The zero-order valence-electron chi connectivity index (χ0n) is 10.4. The molecule has 0 amide bonds. The van der Waals surface area contributed by atoms with Crippen LogP contribution in [0, 0.1) is 0 Å². The third-order valence-electron chi connectivity index (χ3n) is 2.86. The van der Waals surface area contributed by atoms with E-state index in [1.54, 1.807) is 12.1 Å². The first-order valence-electron chi connectivity index (χ1n) is 5.90. The molecule has 1 rings (SSSR count). The molecule has 0 aromatic heterocycles. The number of rotatable bonds is 6. The fourth-order valence-electron chi connectivity index (χ4n) is 1.73. The molecule has 0 fully saturated rings. The van der Waals surface area contributed by atoms with Gasteiger partial charge < -0.3 is 20.7 Å². The molecule has 17 heavy (non-hydrogen) atoms. The first kappa shape index (κ1) is 13.8. The summed E-state index contributed by atoms with van der Waals surface area (Å²) in [6.07, 6.45) is 1.95. The summed E-state index contributed by atoms with van der Waals surface area (Å²) < 4.78 is 4.99. The molecule has 0 aliphatic heterocycles. The molecule has 0 heterocycles. The van der Waals surface area contributed by atoms with Gasteiger partial charge in [-0.3, -0.25) is 0 Å². The molecule has 2 atom stereocenters. The maximum Gasteiger partial charge on any atom is 0.124 e. The summed E-state index contributed by atoms with van der Waals surface area (Å²) in [6, 6.07) is 4.35. The van der Waals surface area contributed by atoms with Gasteiger partial charge in [-0.15, -0.1) is 0 Å². The summed E-state index contributed by atoms with van der Waals surface area (Å²) in [5, 5.41) is 19.7. The molecule has 0 aliphatic rings. The smallest absolute Gasteiger partial charge is 0.124 e. The molecule has 0 aliphatic carbocycles. The van der Waals surface area contributed by atoms with Gasteiger partial charge in [0.05, 0.1) is 19.3 Å². The SMILES string of the molecule is CCCC[C@@H](O)[C@@H](N)c1ccc(OC)cc1O. The summed E-state index contributed by atoms with van der Waals surface area (Å²) in [6.45, 7) is 2.06. The Balaban J connectivity index is 2.77. The lowest BCUT2D eigenvalue weighted by Crippen LogP contribution is -2.26. The average molecular weight is 239 g/mol. The first-order chi connectivity index (χ1) is 8.10. The number of phenolic OH excluding ortho intramolecular Hbond substituents is 1. The summed E-state index contributed by atoms with van der Waals surface area (Å²) in [5.74, 6) is 0.633. The Bertz CT molecular complexity index is 355. The molecule has 1 aromatic rings. The van der Waals surface area contributed by atoms with Gasteiger partial charge >= 0.3 is 0 Å². The number of ether oxygens (including phenoxy) is 1. The molecule has 4 N–H and O–H groups in total. The minimum atomic E-state index is -0.630. The van der Waals surface area contributed by atoms with E-state index in [0.717, 1.165) is 12.8 Å². The van der Waals surface area contributed by atoms with Crippen LogP contribution >= 0.6 is 0 Å². The molecule has 0 radical (unpaired) electrons. The van der Waals surface area contributed by atoms with Crippen LogP contribution in [0.2, 0.25) is 0 Å². The van der Waals surface area contributed by atoms with Crippen molar-refractivity contribution in [2.75, 3.05) is 7.11 Å². The molecule has 1 aromatic carbocycles. The number of aromatic hydroxyl groups is 1. The van der Waals surface area contributed by atoms with Crippen molar-refractivity contribution < 1.29 is 14.9 Å². The maximum atomic E-state index is 9.89. The molecular weight excluding hydrogens is 218 g/mol. The van der Waals surface area contributed by atoms with E-state index in [1.807, 2.05) is 0 Å². The number of phenols is 1. The van der Waals surface area contributed by atoms with Crippen molar-refractivity contribution in [3.63, 3.8) is 0 Å². The summed E-state index contributed by atoms with van der Waals surface area (Å²) in [7, 11) is 1.53. The number of aliphatic hydroxyl groups is 1. The number of unbranched alkanes of at least 4 members (excludes halogenated alkanes) is 1. The lowest BCUT2D eigenvalue weighted by molar-refractivity contribution is 0.131. The van der Waals surface area contributed by atoms with Crippen molar-refractivity contribution in [3.05, 3.63) is 23.8 Å². The highest BCUT2D eigenvalue weighted by Crippen LogP contribution is 2.29. The van der Waals surface area contributed by atoms with Gasteiger partial charge in [0.1, 0.15) is 11.5 Å². The van der Waals surface area contributed by atoms with Crippen molar-refractivity contribution in [3.8, 4) is 11.5 Å². The van der Waals surface area contributed by atoms with Crippen molar-refractivity contribution >= 4 is 0 Å². The van der Waals surface area contributed by atoms with Crippen LogP contribution in [0.3, 0.4) is 0 Å². The zero-order chi connectivity index (χ0) is 12.8. The van der Waals surface area contributed by atoms with Crippen LogP contribution in [-0.2, 0) is 0 Å². The lowest BCUT2D eigenvalue weighted by atomic mass is 9.97. The lowest BCUT2D eigenvalue weighted by Gasteiger charge is -2.20. The highest BCUT2D eigenvalue weighted by Gasteiger charge is 2.19. The van der Waals surface area contributed by atoms with E-state index in [4.69, 9.17) is 10.5 Å². The Morgan fingerprint density at radius 3 is 2.65 bits per heavy atom. The topological polar surface area (TPSA) is 75.7 Å². The molecular formula is C13H21NO3. The summed E-state index contributed by atoms with van der Waals surface area (Å²) in [5.41, 5.74) is 6.47. The van der Waals surface area contributed by atoms with Gasteiger partial charge in [0.25, 0.3) is 0 Å². The van der Waals surface area contributed by atoms with Crippen molar-refractivity contribution in [1.29, 1.82) is 0 Å². The van der Waals surface area contributed by atoms with Crippen molar-refractivity contribution in [2.45, 2.75) is 38.3 Å². The molecule has 4 heteroatoms. The van der Waals surface area contributed by atoms with E-state index in [1.165, 1.54) is 13.2 Å². The quantitative estimate of drug-likeness (QED) is 0.709. The third-order valence-corrected chi connectivity index (χ3v) is 2.86. The monoisotopic (exact) mass is 239 g/mol. The van der Waals surface area contributed by atoms with Crippen LogP contribution in [0.15, 0.2) is 18.2 Å². The number of aliphatic hydroxyl groups excluding tert-OH is 1. The third kappa shape index (κ3) is 3.61. The largest absolute Gasteiger partial charge is 0.507 e. The van der Waals surface area contributed by atoms with E-state index < -0.39 is 12.1 Å². The Kier molecular flexibility index (Phi) is 5.25. The second-order valence-electron chi connectivity index (χ2n) is 4.16. The van der Waals surface area contributed by atoms with E-state index >= 15 is 0 Å². The van der Waals surface area contributed by atoms with Gasteiger partial charge in [0.15, 0.2) is 0 Å². The van der Waals surface area contributed by atoms with Crippen LogP contribution in [0.5, 0.6) is 11.5 Å². The second-order valence-corrected chi connectivity index (χ2v) is 4.16. The maximum absolute atomic E-state index is 9.89. The van der Waals surface area contributed by atoms with Gasteiger partial charge in [0.2, 0.25) is 0 Å². The molecule has 0 saturated heterocycles. The van der Waals surface area contributed by atoms with Gasteiger partial charge in [-0.1, -0.05) is 19.8 Å². The van der Waals surface area contributed by atoms with Gasteiger partial charge in [0, 0.05) is 11.6 Å². The van der Waals surface area contributed by atoms with Crippen molar-refractivity contribution in [2.24, 2.45) is 5.73 Å². The van der Waals surface area contributed by atoms with Crippen LogP contribution in [0.25, 0.3) is 0 Å². The van der Waals surface area contributed by atoms with Crippen LogP contribution in [-0.4, -0.2) is 23.4 Å². The average Bonchev–Trinajstić information content (AvgIpc) is 2.34. The predicted molar refractivity (Wildman–Crippen MR) is 67.1 cm³/mol. The Morgan fingerprint density at radius 1 is 1.41 bits per heavy atom. The van der Waals surface area contributed by atoms with Gasteiger partial charge in [-0.05, 0) is 18.6 Å². The number of nitrogens with two attached hydrogens (primary N) is 1. The fraction of sp³-hybridized carbons (Fsp3) is 0.538. The Hall–Kier alpha value is -1.26. The van der Waals surface area contributed by atoms with E-state index in [9.17, 15) is 10.2 Å². The Morgan fingerprint density at radius 2 is 2.12 bits per heavy atom. The normalized spacial score (nSPS) is 14.4. The number of hydrogen-bond acceptors (Lipinski definition) is 4. The molecule has 0 saturated carbocycles. The standard InChI is InChI=1S/C13H21NO3/c1-3-4-5-11(15)13(14)10-7-6-9(17-2)8-12(10)16/h6-8,11,13,15-16H,3-5,14H2,1-2H3/t11-,13+/m1/s1. The van der Waals surface area contributed by atoms with E-state index in [2.05, 4.69) is 6.92 Å². The second kappa shape index (κ2) is 6.47. The Labute approximate surface area is 102 Å². The molecule has 0 spiro atoms. The molecule has 96 valence electrons. The van der Waals surface area contributed by atoms with Crippen LogP contribution in [0.1, 0.15) is 37.8 Å². The number of methoxy groups -OCH3 is 1. The van der Waals surface area contributed by atoms with Gasteiger partial charge in [-0.2, -0.15) is 0 Å². The highest BCUT2D eigenvalue weighted by molar-refractivity contribution is 5.41. The minimum Gasteiger partial charge on any atom is -0.507 e. The number of benzene rings is 1. The van der Waals surface area contributed by atoms with Gasteiger partial charge in [-0.25, -0.2) is 0 Å². The predicted octanol–water partition coefficient (Wildman–Crippen LogP) is 1.95. The van der Waals surface area contributed by atoms with Crippen LogP contribution < -0.4 is 10.5 Å². The number of hydrogen-bond donors (Lipinski definition) is 3. The zero-order valence-corrected chi connectivity index (χ0v) is 10.4. The summed E-state index contributed by atoms with van der Waals surface area (Å²) in [4.78, 5) is 0. The first-order valence-corrected chi connectivity index (χ1v) is 5.90. The summed E-state index contributed by atoms with van der Waals surface area (Å²) >= 11 is 0. The minimum absolute atomic E-state index is 0.0624. The van der Waals surface area contributed by atoms with Crippen molar-refractivity contribution in [1.82, 2.24) is 0 Å². The molecule has 0 bridgehead atoms. The van der Waals surface area contributed by atoms with E-state index in [-0.39, 0.29) is 5.75 Å². The van der Waals surface area contributed by atoms with E-state index in [0.29, 0.717) is 17.7 Å². The fourth-order valence-corrected chi connectivity index (χ4v) is 1.73. The molecule has 4 nitrogen and oxygen atoms in total.